The van der Waals surface area contributed by atoms with E-state index in [4.69, 9.17) is 4.74 Å². The topological polar surface area (TPSA) is 79.3 Å². The van der Waals surface area contributed by atoms with Gasteiger partial charge in [-0.3, -0.25) is 0 Å². The largest absolute Gasteiger partial charge is 0.473 e. The molecule has 0 unspecified atom stereocenters. The van der Waals surface area contributed by atoms with E-state index in [0.29, 0.717) is 37.3 Å². The first-order valence-electron chi connectivity index (χ1n) is 13.8. The van der Waals surface area contributed by atoms with Gasteiger partial charge in [-0.05, 0) is 37.9 Å². The minimum atomic E-state index is -4.51. The summed E-state index contributed by atoms with van der Waals surface area (Å²) in [6.45, 7) is 10.5. The van der Waals surface area contributed by atoms with Crippen molar-refractivity contribution in [2.75, 3.05) is 49.5 Å². The number of aromatic nitrogens is 4. The van der Waals surface area contributed by atoms with Crippen molar-refractivity contribution in [3.05, 3.63) is 65.7 Å². The van der Waals surface area contributed by atoms with Gasteiger partial charge in [-0.1, -0.05) is 51.1 Å². The van der Waals surface area contributed by atoms with Gasteiger partial charge in [-0.25, -0.2) is 15.0 Å². The summed E-state index contributed by atoms with van der Waals surface area (Å²) in [5, 5.41) is 3.26. The fourth-order valence-corrected chi connectivity index (χ4v) is 4.40. The molecule has 40 heavy (non-hydrogen) atoms. The van der Waals surface area contributed by atoms with Crippen molar-refractivity contribution in [2.24, 2.45) is 0 Å². The zero-order valence-electron chi connectivity index (χ0n) is 23.4. The standard InChI is InChI=1S/C29H38F3N7O/c1-28(2,3)26-35-23(29(30,31)32)20-24(36-26)39-17-9-16-38(18-19-39)15-8-7-13-33-27-34-14-12-25(37-27)40-21-22-10-5-4-6-11-22/h4-6,10-12,14,20H,7-9,13,15-19,21H2,1-3H3,(H,33,34,37). The minimum absolute atomic E-state index is 0.211. The summed E-state index contributed by atoms with van der Waals surface area (Å²) < 4.78 is 46.4. The highest BCUT2D eigenvalue weighted by Crippen LogP contribution is 2.32. The Labute approximate surface area is 234 Å². The van der Waals surface area contributed by atoms with Crippen molar-refractivity contribution < 1.29 is 17.9 Å². The summed E-state index contributed by atoms with van der Waals surface area (Å²) in [7, 11) is 0. The van der Waals surface area contributed by atoms with Crippen molar-refractivity contribution in [1.29, 1.82) is 0 Å². The van der Waals surface area contributed by atoms with E-state index in [1.807, 2.05) is 56.0 Å². The molecular formula is C29H38F3N7O. The van der Waals surface area contributed by atoms with Gasteiger partial charge in [-0.2, -0.15) is 18.2 Å². The zero-order valence-corrected chi connectivity index (χ0v) is 23.4. The highest BCUT2D eigenvalue weighted by molar-refractivity contribution is 5.41. The minimum Gasteiger partial charge on any atom is -0.473 e. The Balaban J connectivity index is 1.22. The van der Waals surface area contributed by atoms with Crippen LogP contribution in [-0.4, -0.2) is 64.1 Å². The molecule has 3 heterocycles. The maximum Gasteiger partial charge on any atom is 0.433 e. The SMILES string of the molecule is CC(C)(C)c1nc(N2CCCN(CCCCNc3nccc(OCc4ccccc4)n3)CC2)cc(C(F)(F)F)n1. The molecule has 3 aromatic rings. The number of nitrogens with one attached hydrogen (secondary N) is 1. The van der Waals surface area contributed by atoms with Crippen LogP contribution < -0.4 is 15.0 Å². The molecule has 2 aromatic heterocycles. The lowest BCUT2D eigenvalue weighted by Gasteiger charge is -2.26. The first-order chi connectivity index (χ1) is 19.1. The normalized spacial score (nSPS) is 15.1. The van der Waals surface area contributed by atoms with Crippen LogP contribution in [0.3, 0.4) is 0 Å². The molecule has 0 aliphatic carbocycles. The summed E-state index contributed by atoms with van der Waals surface area (Å²) in [4.78, 5) is 21.4. The molecule has 0 atom stereocenters. The molecule has 0 saturated carbocycles. The van der Waals surface area contributed by atoms with Crippen molar-refractivity contribution in [1.82, 2.24) is 24.8 Å². The van der Waals surface area contributed by atoms with Gasteiger partial charge in [0.05, 0.1) is 0 Å². The quantitative estimate of drug-likeness (QED) is 0.325. The third kappa shape index (κ3) is 8.77. The van der Waals surface area contributed by atoms with Crippen molar-refractivity contribution >= 4 is 11.8 Å². The number of halogens is 3. The molecule has 1 fully saturated rings. The fourth-order valence-electron chi connectivity index (χ4n) is 4.40. The predicted molar refractivity (Wildman–Crippen MR) is 150 cm³/mol. The summed E-state index contributed by atoms with van der Waals surface area (Å²) in [5.74, 6) is 1.63. The van der Waals surface area contributed by atoms with E-state index in [-0.39, 0.29) is 5.82 Å². The van der Waals surface area contributed by atoms with Crippen LogP contribution >= 0.6 is 0 Å². The van der Waals surface area contributed by atoms with E-state index in [0.717, 1.165) is 57.1 Å². The van der Waals surface area contributed by atoms with Gasteiger partial charge in [0.15, 0.2) is 0 Å². The van der Waals surface area contributed by atoms with Gasteiger partial charge >= 0.3 is 6.18 Å². The summed E-state index contributed by atoms with van der Waals surface area (Å²) in [6, 6.07) is 12.8. The second-order valence-corrected chi connectivity index (χ2v) is 11.0. The lowest BCUT2D eigenvalue weighted by molar-refractivity contribution is -0.141. The summed E-state index contributed by atoms with van der Waals surface area (Å²) in [5.41, 5.74) is -0.387. The zero-order chi connectivity index (χ0) is 28.6. The maximum absolute atomic E-state index is 13.5. The number of hydrogen-bond acceptors (Lipinski definition) is 8. The Hall–Kier alpha value is -3.47. The molecule has 8 nitrogen and oxygen atoms in total. The number of nitrogens with zero attached hydrogens (tertiary/aromatic N) is 6. The van der Waals surface area contributed by atoms with Crippen LogP contribution in [0.1, 0.15) is 57.1 Å². The van der Waals surface area contributed by atoms with Crippen LogP contribution in [0.25, 0.3) is 0 Å². The maximum atomic E-state index is 13.5. The third-order valence-electron chi connectivity index (χ3n) is 6.63. The Bertz CT molecular complexity index is 1190. The Morgan fingerprint density at radius 3 is 2.48 bits per heavy atom. The second kappa shape index (κ2) is 13.3. The van der Waals surface area contributed by atoms with Gasteiger partial charge in [0, 0.05) is 49.9 Å². The molecule has 0 radical (unpaired) electrons. The number of hydrogen-bond donors (Lipinski definition) is 1. The smallest absolute Gasteiger partial charge is 0.433 e. The molecular weight excluding hydrogens is 519 g/mol. The Morgan fingerprint density at radius 1 is 0.925 bits per heavy atom. The fraction of sp³-hybridized carbons (Fsp3) is 0.517. The number of unbranched alkanes of at least 4 members (excludes halogenated alkanes) is 1. The first kappa shape index (κ1) is 29.5. The molecule has 0 bridgehead atoms. The molecule has 1 aliphatic rings. The van der Waals surface area contributed by atoms with E-state index in [1.54, 1.807) is 12.3 Å². The molecule has 1 aliphatic heterocycles. The molecule has 4 rings (SSSR count). The van der Waals surface area contributed by atoms with E-state index in [1.165, 1.54) is 0 Å². The number of rotatable bonds is 10. The molecule has 0 amide bonds. The van der Waals surface area contributed by atoms with Crippen LogP contribution in [-0.2, 0) is 18.2 Å². The summed E-state index contributed by atoms with van der Waals surface area (Å²) >= 11 is 0. The van der Waals surface area contributed by atoms with Gasteiger partial charge in [-0.15, -0.1) is 0 Å². The first-order valence-corrected chi connectivity index (χ1v) is 13.8. The van der Waals surface area contributed by atoms with Crippen molar-refractivity contribution in [2.45, 2.75) is 58.2 Å². The average molecular weight is 558 g/mol. The van der Waals surface area contributed by atoms with Crippen LogP contribution in [0.4, 0.5) is 24.9 Å². The van der Waals surface area contributed by atoms with E-state index < -0.39 is 17.3 Å². The van der Waals surface area contributed by atoms with Crippen molar-refractivity contribution in [3.63, 3.8) is 0 Å². The monoisotopic (exact) mass is 557 g/mol. The highest BCUT2D eigenvalue weighted by atomic mass is 19.4. The third-order valence-corrected chi connectivity index (χ3v) is 6.63. The Morgan fingerprint density at radius 2 is 1.73 bits per heavy atom. The Kier molecular flexibility index (Phi) is 9.78. The lowest BCUT2D eigenvalue weighted by atomic mass is 9.95. The van der Waals surface area contributed by atoms with Crippen LogP contribution in [0.5, 0.6) is 5.88 Å². The molecule has 1 N–H and O–H groups in total. The van der Waals surface area contributed by atoms with Gasteiger partial charge in [0.1, 0.15) is 23.9 Å². The van der Waals surface area contributed by atoms with Gasteiger partial charge < -0.3 is 19.9 Å². The van der Waals surface area contributed by atoms with E-state index in [2.05, 4.69) is 30.2 Å². The molecule has 1 saturated heterocycles. The summed E-state index contributed by atoms with van der Waals surface area (Å²) in [6.07, 6.45) is -0.0484. The highest BCUT2D eigenvalue weighted by Gasteiger charge is 2.35. The number of anilines is 2. The molecule has 216 valence electrons. The molecule has 1 aromatic carbocycles. The van der Waals surface area contributed by atoms with Gasteiger partial charge in [0.25, 0.3) is 0 Å². The van der Waals surface area contributed by atoms with E-state index >= 15 is 0 Å². The second-order valence-electron chi connectivity index (χ2n) is 11.0. The van der Waals surface area contributed by atoms with E-state index in [9.17, 15) is 13.2 Å². The number of alkyl halides is 3. The molecule has 0 spiro atoms. The molecule has 11 heteroatoms. The average Bonchev–Trinajstić information content (AvgIpc) is 3.17. The van der Waals surface area contributed by atoms with Crippen LogP contribution in [0.15, 0.2) is 48.7 Å². The lowest BCUT2D eigenvalue weighted by Crippen LogP contribution is -2.33. The van der Waals surface area contributed by atoms with Crippen LogP contribution in [0, 0.1) is 0 Å². The number of benzene rings is 1. The van der Waals surface area contributed by atoms with Gasteiger partial charge in [0.2, 0.25) is 11.8 Å². The predicted octanol–water partition coefficient (Wildman–Crippen LogP) is 5.57. The van der Waals surface area contributed by atoms with Crippen LogP contribution in [0.2, 0.25) is 0 Å². The number of ether oxygens (including phenoxy) is 1. The van der Waals surface area contributed by atoms with Crippen molar-refractivity contribution in [3.8, 4) is 5.88 Å².